The molecule has 1 aromatic heterocycles. The number of amides is 3. The lowest BCUT2D eigenvalue weighted by Crippen LogP contribution is -2.64. The number of aromatic nitrogens is 1. The smallest absolute Gasteiger partial charge is 0.273 e. The van der Waals surface area contributed by atoms with E-state index in [1.54, 1.807) is 4.90 Å². The van der Waals surface area contributed by atoms with Crippen LogP contribution < -0.4 is 10.6 Å². The zero-order valence-corrected chi connectivity index (χ0v) is 20.3. The van der Waals surface area contributed by atoms with E-state index in [-0.39, 0.29) is 23.8 Å². The minimum absolute atomic E-state index is 0.127. The SMILES string of the molecule is CC(=O)Nc1c2n(c3ccccc13)C[C@](C)(C(=O)NC1CCCCC1)N(Cc1ccccc1)C2=O. The molecule has 1 aliphatic carbocycles. The summed E-state index contributed by atoms with van der Waals surface area (Å²) in [6, 6.07) is 17.5. The third kappa shape index (κ3) is 4.20. The van der Waals surface area contributed by atoms with E-state index < -0.39 is 5.54 Å². The number of anilines is 1. The molecule has 1 aliphatic heterocycles. The average Bonchev–Trinajstić information content (AvgIpc) is 3.15. The summed E-state index contributed by atoms with van der Waals surface area (Å²) in [5.41, 5.74) is 1.61. The van der Waals surface area contributed by atoms with Crippen LogP contribution in [0.15, 0.2) is 54.6 Å². The fourth-order valence-corrected chi connectivity index (χ4v) is 5.53. The summed E-state index contributed by atoms with van der Waals surface area (Å²) in [7, 11) is 0. The lowest BCUT2D eigenvalue weighted by atomic mass is 9.91. The Bertz CT molecular complexity index is 1280. The Morgan fingerprint density at radius 3 is 2.40 bits per heavy atom. The van der Waals surface area contributed by atoms with Crippen LogP contribution in [0.5, 0.6) is 0 Å². The van der Waals surface area contributed by atoms with Gasteiger partial charge in [-0.25, -0.2) is 0 Å². The molecular weight excluding hydrogens is 440 g/mol. The second kappa shape index (κ2) is 9.21. The molecular formula is C28H32N4O3. The normalized spacial score (nSPS) is 20.5. The van der Waals surface area contributed by atoms with E-state index in [4.69, 9.17) is 0 Å². The number of fused-ring (bicyclic) bond motifs is 3. The summed E-state index contributed by atoms with van der Waals surface area (Å²) in [6.45, 7) is 3.91. The van der Waals surface area contributed by atoms with Crippen molar-refractivity contribution in [2.45, 2.75) is 70.6 Å². The first-order valence-electron chi connectivity index (χ1n) is 12.4. The lowest BCUT2D eigenvalue weighted by Gasteiger charge is -2.45. The first-order chi connectivity index (χ1) is 16.9. The van der Waals surface area contributed by atoms with Gasteiger partial charge >= 0.3 is 0 Å². The van der Waals surface area contributed by atoms with Crippen LogP contribution in [0.2, 0.25) is 0 Å². The van der Waals surface area contributed by atoms with Gasteiger partial charge in [0.05, 0.1) is 17.7 Å². The standard InChI is InChI=1S/C28H32N4O3/c1-19(33)29-24-22-15-9-10-16-23(22)31-18-28(2,27(35)30-21-13-7-4-8-14-21)32(26(34)25(24)31)17-20-11-5-3-6-12-20/h3,5-6,9-12,15-16,21H,4,7-8,13-14,17-18H2,1-2H3,(H,29,33)(H,30,35)/t28-/m1/s1. The fraction of sp³-hybridized carbons (Fsp3) is 0.393. The van der Waals surface area contributed by atoms with Crippen LogP contribution in [-0.4, -0.2) is 38.8 Å². The van der Waals surface area contributed by atoms with Crippen molar-refractivity contribution in [3.05, 3.63) is 65.9 Å². The Kier molecular flexibility index (Phi) is 6.09. The zero-order chi connectivity index (χ0) is 24.6. The molecule has 3 amide bonds. The molecule has 2 N–H and O–H groups in total. The minimum Gasteiger partial charge on any atom is -0.351 e. The summed E-state index contributed by atoms with van der Waals surface area (Å²) in [4.78, 5) is 41.8. The lowest BCUT2D eigenvalue weighted by molar-refractivity contribution is -0.134. The van der Waals surface area contributed by atoms with Gasteiger partial charge in [0.25, 0.3) is 5.91 Å². The van der Waals surface area contributed by atoms with Crippen LogP contribution in [-0.2, 0) is 22.7 Å². The van der Waals surface area contributed by atoms with Gasteiger partial charge in [0.1, 0.15) is 11.2 Å². The number of nitrogens with one attached hydrogen (secondary N) is 2. The van der Waals surface area contributed by atoms with Crippen molar-refractivity contribution in [3.63, 3.8) is 0 Å². The molecule has 5 rings (SSSR count). The molecule has 7 heteroatoms. The Morgan fingerprint density at radius 1 is 1.00 bits per heavy atom. The van der Waals surface area contributed by atoms with Gasteiger partial charge in [0.15, 0.2) is 0 Å². The molecule has 3 aromatic rings. The highest BCUT2D eigenvalue weighted by Gasteiger charge is 2.49. The van der Waals surface area contributed by atoms with Crippen LogP contribution in [0.25, 0.3) is 10.9 Å². The van der Waals surface area contributed by atoms with E-state index in [0.717, 1.165) is 42.1 Å². The molecule has 7 nitrogen and oxygen atoms in total. The van der Waals surface area contributed by atoms with E-state index in [1.807, 2.05) is 66.1 Å². The van der Waals surface area contributed by atoms with E-state index in [9.17, 15) is 14.4 Å². The molecule has 2 aromatic carbocycles. The number of hydrogen-bond donors (Lipinski definition) is 2. The van der Waals surface area contributed by atoms with Crippen LogP contribution in [0.3, 0.4) is 0 Å². The van der Waals surface area contributed by atoms with Crippen LogP contribution in [0, 0.1) is 0 Å². The molecule has 0 bridgehead atoms. The third-order valence-electron chi connectivity index (χ3n) is 7.39. The molecule has 35 heavy (non-hydrogen) atoms. The predicted molar refractivity (Wildman–Crippen MR) is 136 cm³/mol. The number of hydrogen-bond acceptors (Lipinski definition) is 3. The molecule has 0 saturated heterocycles. The van der Waals surface area contributed by atoms with Gasteiger partial charge in [-0.2, -0.15) is 0 Å². The van der Waals surface area contributed by atoms with Crippen molar-refractivity contribution in [2.75, 3.05) is 5.32 Å². The summed E-state index contributed by atoms with van der Waals surface area (Å²) in [6.07, 6.45) is 5.37. The number of nitrogens with zero attached hydrogens (tertiary/aromatic N) is 2. The quantitative estimate of drug-likeness (QED) is 0.575. The van der Waals surface area contributed by atoms with E-state index in [0.29, 0.717) is 24.5 Å². The second-order valence-electron chi connectivity index (χ2n) is 9.97. The number of benzene rings is 2. The van der Waals surface area contributed by atoms with Crippen molar-refractivity contribution < 1.29 is 14.4 Å². The maximum absolute atomic E-state index is 14.2. The van der Waals surface area contributed by atoms with Gasteiger partial charge in [0, 0.05) is 24.9 Å². The Hall–Kier alpha value is -3.61. The van der Waals surface area contributed by atoms with Gasteiger partial charge in [0.2, 0.25) is 11.8 Å². The maximum atomic E-state index is 14.2. The highest BCUT2D eigenvalue weighted by atomic mass is 16.2. The summed E-state index contributed by atoms with van der Waals surface area (Å²) < 4.78 is 1.91. The van der Waals surface area contributed by atoms with Crippen LogP contribution in [0.4, 0.5) is 5.69 Å². The first-order valence-corrected chi connectivity index (χ1v) is 12.4. The molecule has 2 heterocycles. The van der Waals surface area contributed by atoms with Crippen molar-refractivity contribution in [1.82, 2.24) is 14.8 Å². The highest BCUT2D eigenvalue weighted by molar-refractivity contribution is 6.14. The second-order valence-corrected chi connectivity index (χ2v) is 9.97. The first kappa shape index (κ1) is 23.1. The molecule has 1 fully saturated rings. The Labute approximate surface area is 205 Å². The minimum atomic E-state index is -1.09. The van der Waals surface area contributed by atoms with Crippen LogP contribution in [0.1, 0.15) is 62.0 Å². The topological polar surface area (TPSA) is 83.4 Å². The predicted octanol–water partition coefficient (Wildman–Crippen LogP) is 4.46. The summed E-state index contributed by atoms with van der Waals surface area (Å²) in [5.74, 6) is -0.630. The molecule has 1 atom stereocenters. The van der Waals surface area contributed by atoms with Gasteiger partial charge in [-0.3, -0.25) is 14.4 Å². The van der Waals surface area contributed by atoms with Crippen molar-refractivity contribution in [1.29, 1.82) is 0 Å². The van der Waals surface area contributed by atoms with E-state index in [2.05, 4.69) is 10.6 Å². The highest BCUT2D eigenvalue weighted by Crippen LogP contribution is 2.39. The van der Waals surface area contributed by atoms with Crippen molar-refractivity contribution in [3.8, 4) is 0 Å². The average molecular weight is 473 g/mol. The summed E-state index contributed by atoms with van der Waals surface area (Å²) in [5, 5.41) is 6.95. The molecule has 1 saturated carbocycles. The molecule has 182 valence electrons. The third-order valence-corrected chi connectivity index (χ3v) is 7.39. The molecule has 2 aliphatic rings. The van der Waals surface area contributed by atoms with Gasteiger partial charge in [-0.1, -0.05) is 67.8 Å². The van der Waals surface area contributed by atoms with Crippen molar-refractivity contribution >= 4 is 34.3 Å². The van der Waals surface area contributed by atoms with Gasteiger partial charge in [-0.15, -0.1) is 0 Å². The largest absolute Gasteiger partial charge is 0.351 e. The number of para-hydroxylation sites is 1. The summed E-state index contributed by atoms with van der Waals surface area (Å²) >= 11 is 0. The molecule has 0 radical (unpaired) electrons. The molecule has 0 unspecified atom stereocenters. The van der Waals surface area contributed by atoms with Gasteiger partial charge in [-0.05, 0) is 31.4 Å². The van der Waals surface area contributed by atoms with Crippen molar-refractivity contribution in [2.24, 2.45) is 0 Å². The Morgan fingerprint density at radius 2 is 1.69 bits per heavy atom. The van der Waals surface area contributed by atoms with Gasteiger partial charge < -0.3 is 20.1 Å². The van der Waals surface area contributed by atoms with E-state index >= 15 is 0 Å². The fourth-order valence-electron chi connectivity index (χ4n) is 5.53. The zero-order valence-electron chi connectivity index (χ0n) is 20.3. The Balaban J connectivity index is 1.62. The monoisotopic (exact) mass is 472 g/mol. The maximum Gasteiger partial charge on any atom is 0.273 e. The van der Waals surface area contributed by atoms with Crippen LogP contribution >= 0.6 is 0 Å². The molecule has 0 spiro atoms. The number of rotatable bonds is 5. The number of carbonyl (C=O) groups is 3. The number of carbonyl (C=O) groups excluding carboxylic acids is 3. The van der Waals surface area contributed by atoms with E-state index in [1.165, 1.54) is 13.3 Å².